The molecule has 1 amide bonds. The Hall–Kier alpha value is -3.24. The molecule has 35 heavy (non-hydrogen) atoms. The van der Waals surface area contributed by atoms with Crippen LogP contribution in [0.2, 0.25) is 0 Å². The second-order valence-electron chi connectivity index (χ2n) is 9.45. The minimum absolute atomic E-state index is 0.247. The zero-order chi connectivity index (χ0) is 25.4. The molecule has 0 saturated heterocycles. The van der Waals surface area contributed by atoms with Crippen LogP contribution in [0.3, 0.4) is 0 Å². The van der Waals surface area contributed by atoms with Gasteiger partial charge in [0.25, 0.3) is 5.91 Å². The van der Waals surface area contributed by atoms with Crippen molar-refractivity contribution in [3.8, 4) is 5.69 Å². The number of carbonyl (C=O) groups is 1. The lowest BCUT2D eigenvalue weighted by Gasteiger charge is -2.24. The molecule has 1 aliphatic carbocycles. The molecule has 2 aromatic heterocycles. The highest BCUT2D eigenvalue weighted by atomic mass is 19.4. The highest BCUT2D eigenvalue weighted by Crippen LogP contribution is 2.33. The van der Waals surface area contributed by atoms with Crippen molar-refractivity contribution in [3.63, 3.8) is 0 Å². The Kier molecular flexibility index (Phi) is 6.70. The Balaban J connectivity index is 1.59. The maximum Gasteiger partial charge on any atom is 0.433 e. The molecule has 4 rings (SSSR count). The van der Waals surface area contributed by atoms with Crippen LogP contribution in [-0.4, -0.2) is 31.8 Å². The van der Waals surface area contributed by atoms with Gasteiger partial charge in [0, 0.05) is 29.4 Å². The number of aromatic nitrogens is 3. The number of halogens is 3. The first-order chi connectivity index (χ1) is 16.4. The van der Waals surface area contributed by atoms with Crippen molar-refractivity contribution in [2.24, 2.45) is 5.73 Å². The fraction of sp³-hybridized carbons (Fsp3) is 0.400. The summed E-state index contributed by atoms with van der Waals surface area (Å²) in [6, 6.07) is 10.4. The normalized spacial score (nSPS) is 18.9. The second kappa shape index (κ2) is 9.43. The molecular weight excluding hydrogens is 459 g/mol. The van der Waals surface area contributed by atoms with Gasteiger partial charge < -0.3 is 16.2 Å². The van der Waals surface area contributed by atoms with Crippen LogP contribution < -0.4 is 11.1 Å². The highest BCUT2D eigenvalue weighted by molar-refractivity contribution is 6.03. The molecule has 0 unspecified atom stereocenters. The van der Waals surface area contributed by atoms with Crippen LogP contribution in [0.25, 0.3) is 5.69 Å². The fourth-order valence-corrected chi connectivity index (χ4v) is 4.31. The van der Waals surface area contributed by atoms with Gasteiger partial charge >= 0.3 is 6.18 Å². The molecule has 10 heteroatoms. The average molecular weight is 488 g/mol. The molecule has 0 bridgehead atoms. The first kappa shape index (κ1) is 24.9. The van der Waals surface area contributed by atoms with E-state index in [2.05, 4.69) is 10.3 Å². The molecule has 1 aromatic carbocycles. The Morgan fingerprint density at radius 3 is 2.49 bits per heavy atom. The summed E-state index contributed by atoms with van der Waals surface area (Å²) in [7, 11) is 0. The second-order valence-corrected chi connectivity index (χ2v) is 9.45. The van der Waals surface area contributed by atoms with E-state index >= 15 is 0 Å². The minimum atomic E-state index is -4.66. The predicted molar refractivity (Wildman–Crippen MR) is 125 cm³/mol. The highest BCUT2D eigenvalue weighted by Gasteiger charge is 2.33. The Morgan fingerprint density at radius 1 is 1.11 bits per heavy atom. The van der Waals surface area contributed by atoms with Gasteiger partial charge in [-0.2, -0.15) is 18.3 Å². The number of nitrogens with one attached hydrogen (secondary N) is 1. The van der Waals surface area contributed by atoms with Gasteiger partial charge in [-0.3, -0.25) is 4.79 Å². The number of pyridine rings is 1. The van der Waals surface area contributed by atoms with E-state index in [0.29, 0.717) is 17.2 Å². The van der Waals surface area contributed by atoms with Crippen LogP contribution >= 0.6 is 0 Å². The van der Waals surface area contributed by atoms with Crippen LogP contribution in [0.4, 0.5) is 18.9 Å². The Morgan fingerprint density at radius 2 is 1.83 bits per heavy atom. The molecule has 1 saturated carbocycles. The van der Waals surface area contributed by atoms with E-state index in [1.54, 1.807) is 36.7 Å². The summed E-state index contributed by atoms with van der Waals surface area (Å²) in [6.07, 6.45) is 1.09. The number of nitrogens with two attached hydrogens (primary N) is 1. The molecule has 1 fully saturated rings. The topological polar surface area (TPSA) is 106 Å². The molecular formula is C25H28F3N5O2. The summed E-state index contributed by atoms with van der Waals surface area (Å²) in [5.74, 6) is -0.463. The standard InChI is InChI=1S/C25H28F3N5O2/c1-24(2,35)18-14-17(33-13-12-19(32-33)15-6-8-16(29)9-7-15)10-11-20(18)31-23(34)21-4-3-5-22(30-21)25(26,27)28/h3-5,10-16,35H,6-9,29H2,1-2H3,(H,31,34)/t15-,16-. The number of rotatable bonds is 5. The fourth-order valence-electron chi connectivity index (χ4n) is 4.31. The van der Waals surface area contributed by atoms with Crippen LogP contribution in [0.5, 0.6) is 0 Å². The summed E-state index contributed by atoms with van der Waals surface area (Å²) >= 11 is 0. The lowest BCUT2D eigenvalue weighted by molar-refractivity contribution is -0.141. The molecule has 3 aromatic rings. The van der Waals surface area contributed by atoms with Crippen LogP contribution in [0, 0.1) is 0 Å². The summed E-state index contributed by atoms with van der Waals surface area (Å²) < 4.78 is 40.6. The molecule has 0 atom stereocenters. The van der Waals surface area contributed by atoms with Crippen molar-refractivity contribution < 1.29 is 23.1 Å². The van der Waals surface area contributed by atoms with Gasteiger partial charge in [-0.05, 0) is 75.9 Å². The lowest BCUT2D eigenvalue weighted by Crippen LogP contribution is -2.25. The molecule has 0 aliphatic heterocycles. The summed E-state index contributed by atoms with van der Waals surface area (Å²) in [6.45, 7) is 3.12. The SMILES string of the molecule is CC(C)(O)c1cc(-n2ccc([C@H]3CC[C@H](N)CC3)n2)ccc1NC(=O)c1cccc(C(F)(F)F)n1. The number of nitrogens with zero attached hydrogens (tertiary/aromatic N) is 3. The van der Waals surface area contributed by atoms with Crippen molar-refractivity contribution in [1.82, 2.24) is 14.8 Å². The van der Waals surface area contributed by atoms with Crippen molar-refractivity contribution in [1.29, 1.82) is 0 Å². The van der Waals surface area contributed by atoms with Crippen molar-refractivity contribution >= 4 is 11.6 Å². The van der Waals surface area contributed by atoms with Gasteiger partial charge in [0.05, 0.1) is 17.0 Å². The quantitative estimate of drug-likeness (QED) is 0.482. The van der Waals surface area contributed by atoms with E-state index in [1.807, 2.05) is 12.3 Å². The number of carbonyl (C=O) groups excluding carboxylic acids is 1. The number of benzene rings is 1. The number of hydrogen-bond donors (Lipinski definition) is 3. The zero-order valence-electron chi connectivity index (χ0n) is 19.5. The van der Waals surface area contributed by atoms with E-state index in [1.165, 1.54) is 6.07 Å². The Labute approximate surface area is 201 Å². The number of amides is 1. The predicted octanol–water partition coefficient (Wildman–Crippen LogP) is 4.75. The average Bonchev–Trinajstić information content (AvgIpc) is 3.29. The summed E-state index contributed by atoms with van der Waals surface area (Å²) in [5.41, 5.74) is 5.43. The molecule has 186 valence electrons. The number of alkyl halides is 3. The molecule has 7 nitrogen and oxygen atoms in total. The first-order valence-corrected chi connectivity index (χ1v) is 11.5. The third-order valence-electron chi connectivity index (χ3n) is 6.25. The van der Waals surface area contributed by atoms with Gasteiger partial charge in [0.1, 0.15) is 11.4 Å². The number of anilines is 1. The molecule has 2 heterocycles. The van der Waals surface area contributed by atoms with E-state index in [-0.39, 0.29) is 17.4 Å². The summed E-state index contributed by atoms with van der Waals surface area (Å²) in [5, 5.41) is 18.0. The number of aliphatic hydroxyl groups is 1. The summed E-state index contributed by atoms with van der Waals surface area (Å²) in [4.78, 5) is 16.1. The number of hydrogen-bond acceptors (Lipinski definition) is 5. The van der Waals surface area contributed by atoms with Crippen LogP contribution in [-0.2, 0) is 11.8 Å². The van der Waals surface area contributed by atoms with Gasteiger partial charge in [-0.1, -0.05) is 6.07 Å². The maximum absolute atomic E-state index is 13.0. The largest absolute Gasteiger partial charge is 0.433 e. The van der Waals surface area contributed by atoms with E-state index in [0.717, 1.165) is 43.5 Å². The van der Waals surface area contributed by atoms with Crippen molar-refractivity contribution in [2.75, 3.05) is 5.32 Å². The molecule has 1 aliphatic rings. The van der Waals surface area contributed by atoms with Crippen molar-refractivity contribution in [3.05, 3.63) is 71.3 Å². The lowest BCUT2D eigenvalue weighted by atomic mass is 9.85. The smallest absolute Gasteiger partial charge is 0.386 e. The minimum Gasteiger partial charge on any atom is -0.386 e. The Bertz CT molecular complexity index is 1210. The van der Waals surface area contributed by atoms with Crippen molar-refractivity contribution in [2.45, 2.75) is 63.3 Å². The molecule has 0 spiro atoms. The zero-order valence-corrected chi connectivity index (χ0v) is 19.5. The van der Waals surface area contributed by atoms with Crippen LogP contribution in [0.1, 0.15) is 72.9 Å². The van der Waals surface area contributed by atoms with Crippen LogP contribution in [0.15, 0.2) is 48.7 Å². The third-order valence-corrected chi connectivity index (χ3v) is 6.25. The molecule has 4 N–H and O–H groups in total. The first-order valence-electron chi connectivity index (χ1n) is 11.5. The van der Waals surface area contributed by atoms with E-state index in [9.17, 15) is 23.1 Å². The third kappa shape index (κ3) is 5.71. The van der Waals surface area contributed by atoms with Gasteiger partial charge in [0.15, 0.2) is 0 Å². The van der Waals surface area contributed by atoms with Gasteiger partial charge in [0.2, 0.25) is 0 Å². The van der Waals surface area contributed by atoms with Gasteiger partial charge in [-0.15, -0.1) is 0 Å². The monoisotopic (exact) mass is 487 g/mol. The molecule has 0 radical (unpaired) electrons. The van der Waals surface area contributed by atoms with E-state index < -0.39 is 23.4 Å². The van der Waals surface area contributed by atoms with Gasteiger partial charge in [-0.25, -0.2) is 9.67 Å². The maximum atomic E-state index is 13.0. The van der Waals surface area contributed by atoms with E-state index in [4.69, 9.17) is 10.8 Å².